The third-order valence-electron chi connectivity index (χ3n) is 2.30. The lowest BCUT2D eigenvalue weighted by Gasteiger charge is -2.19. The summed E-state index contributed by atoms with van der Waals surface area (Å²) >= 11 is 3.45. The molecule has 88 valence electrons. The maximum atomic E-state index is 10.8. The monoisotopic (exact) mass is 285 g/mol. The average Bonchev–Trinajstić information content (AvgIpc) is 2.20. The van der Waals surface area contributed by atoms with Crippen LogP contribution in [0.5, 0.6) is 0 Å². The van der Waals surface area contributed by atoms with Crippen LogP contribution in [0.1, 0.15) is 12.5 Å². The van der Waals surface area contributed by atoms with Crippen molar-refractivity contribution in [1.82, 2.24) is 4.90 Å². The van der Waals surface area contributed by atoms with Crippen LogP contribution < -0.4 is 11.5 Å². The van der Waals surface area contributed by atoms with Gasteiger partial charge in [-0.2, -0.15) is 0 Å². The summed E-state index contributed by atoms with van der Waals surface area (Å²) in [6.45, 7) is 3.72. The van der Waals surface area contributed by atoms with Crippen LogP contribution in [-0.2, 0) is 11.3 Å². The van der Waals surface area contributed by atoms with Crippen molar-refractivity contribution < 1.29 is 4.79 Å². The second-order valence-corrected chi connectivity index (χ2v) is 4.47. The maximum Gasteiger partial charge on any atom is 0.231 e. The molecule has 0 aliphatic heterocycles. The molecule has 0 aliphatic rings. The van der Waals surface area contributed by atoms with E-state index in [1.165, 1.54) is 0 Å². The average molecular weight is 286 g/mol. The summed E-state index contributed by atoms with van der Waals surface area (Å²) in [5.74, 6) is -0.312. The molecule has 0 saturated carbocycles. The summed E-state index contributed by atoms with van der Waals surface area (Å²) in [4.78, 5) is 12.8. The zero-order valence-corrected chi connectivity index (χ0v) is 10.8. The minimum absolute atomic E-state index is 0.271. The molecule has 0 bridgehead atoms. The first-order valence-corrected chi connectivity index (χ1v) is 5.86. The van der Waals surface area contributed by atoms with Gasteiger partial charge in [-0.3, -0.25) is 9.69 Å². The van der Waals surface area contributed by atoms with Crippen LogP contribution in [0.2, 0.25) is 0 Å². The number of carbonyl (C=O) groups excluding carboxylic acids is 1. The molecular formula is C11H16BrN3O. The SMILES string of the molecule is CCN(CC(N)=O)Cc1ccc(N)cc1Br. The van der Waals surface area contributed by atoms with Gasteiger partial charge in [0, 0.05) is 16.7 Å². The largest absolute Gasteiger partial charge is 0.399 e. The van der Waals surface area contributed by atoms with Gasteiger partial charge in [0.2, 0.25) is 5.91 Å². The number of hydrogen-bond acceptors (Lipinski definition) is 3. The molecule has 0 aromatic heterocycles. The van der Waals surface area contributed by atoms with Gasteiger partial charge in [-0.05, 0) is 24.2 Å². The molecule has 0 heterocycles. The number of hydrogen-bond donors (Lipinski definition) is 2. The summed E-state index contributed by atoms with van der Waals surface area (Å²) in [6, 6.07) is 5.65. The molecule has 0 radical (unpaired) electrons. The van der Waals surface area contributed by atoms with Gasteiger partial charge in [0.15, 0.2) is 0 Å². The lowest BCUT2D eigenvalue weighted by atomic mass is 10.2. The predicted molar refractivity (Wildman–Crippen MR) is 68.7 cm³/mol. The topological polar surface area (TPSA) is 72.3 Å². The zero-order chi connectivity index (χ0) is 12.1. The molecule has 0 aliphatic carbocycles. The van der Waals surface area contributed by atoms with Crippen LogP contribution in [0.25, 0.3) is 0 Å². The van der Waals surface area contributed by atoms with Crippen LogP contribution in [0.15, 0.2) is 22.7 Å². The van der Waals surface area contributed by atoms with E-state index in [9.17, 15) is 4.79 Å². The minimum atomic E-state index is -0.312. The fraction of sp³-hybridized carbons (Fsp3) is 0.364. The van der Waals surface area contributed by atoms with E-state index in [1.807, 2.05) is 30.0 Å². The van der Waals surface area contributed by atoms with Crippen molar-refractivity contribution in [2.75, 3.05) is 18.8 Å². The molecule has 4 N–H and O–H groups in total. The van der Waals surface area contributed by atoms with Crippen molar-refractivity contribution in [1.29, 1.82) is 0 Å². The van der Waals surface area contributed by atoms with E-state index >= 15 is 0 Å². The van der Waals surface area contributed by atoms with Crippen molar-refractivity contribution in [3.8, 4) is 0 Å². The zero-order valence-electron chi connectivity index (χ0n) is 9.24. The van der Waals surface area contributed by atoms with Gasteiger partial charge in [-0.15, -0.1) is 0 Å². The van der Waals surface area contributed by atoms with Crippen molar-refractivity contribution in [2.45, 2.75) is 13.5 Å². The Kier molecular flexibility index (Phi) is 4.76. The van der Waals surface area contributed by atoms with Crippen LogP contribution in [0.4, 0.5) is 5.69 Å². The molecule has 1 aromatic carbocycles. The number of amides is 1. The fourth-order valence-corrected chi connectivity index (χ4v) is 1.95. The molecule has 0 saturated heterocycles. The molecule has 0 unspecified atom stereocenters. The second kappa shape index (κ2) is 5.86. The first-order valence-electron chi connectivity index (χ1n) is 5.07. The van der Waals surface area contributed by atoms with E-state index in [0.29, 0.717) is 12.2 Å². The number of likely N-dealkylation sites (N-methyl/N-ethyl adjacent to an activating group) is 1. The number of rotatable bonds is 5. The maximum absolute atomic E-state index is 10.8. The number of anilines is 1. The van der Waals surface area contributed by atoms with E-state index in [4.69, 9.17) is 11.5 Å². The number of nitrogens with zero attached hydrogens (tertiary/aromatic N) is 1. The molecule has 4 nitrogen and oxygen atoms in total. The Morgan fingerprint density at radius 3 is 2.69 bits per heavy atom. The van der Waals surface area contributed by atoms with E-state index in [-0.39, 0.29) is 12.5 Å². The van der Waals surface area contributed by atoms with Crippen molar-refractivity contribution >= 4 is 27.5 Å². The van der Waals surface area contributed by atoms with Gasteiger partial charge in [0.1, 0.15) is 0 Å². The molecule has 1 amide bonds. The van der Waals surface area contributed by atoms with E-state index in [2.05, 4.69) is 15.9 Å². The first-order chi connectivity index (χ1) is 7.52. The molecule has 0 spiro atoms. The van der Waals surface area contributed by atoms with Gasteiger partial charge in [0.25, 0.3) is 0 Å². The third kappa shape index (κ3) is 3.83. The Bertz CT molecular complexity index is 381. The van der Waals surface area contributed by atoms with Gasteiger partial charge in [-0.1, -0.05) is 28.9 Å². The normalized spacial score (nSPS) is 10.7. The second-order valence-electron chi connectivity index (χ2n) is 3.62. The summed E-state index contributed by atoms with van der Waals surface area (Å²) in [7, 11) is 0. The van der Waals surface area contributed by atoms with Gasteiger partial charge in [0.05, 0.1) is 6.54 Å². The van der Waals surface area contributed by atoms with Gasteiger partial charge in [-0.25, -0.2) is 0 Å². The highest BCUT2D eigenvalue weighted by Crippen LogP contribution is 2.21. The smallest absolute Gasteiger partial charge is 0.231 e. The van der Waals surface area contributed by atoms with Crippen LogP contribution in [0, 0.1) is 0 Å². The van der Waals surface area contributed by atoms with E-state index in [1.54, 1.807) is 0 Å². The summed E-state index contributed by atoms with van der Waals surface area (Å²) in [5.41, 5.74) is 12.6. The highest BCUT2D eigenvalue weighted by molar-refractivity contribution is 9.10. The number of halogens is 1. The van der Waals surface area contributed by atoms with Gasteiger partial charge < -0.3 is 11.5 Å². The third-order valence-corrected chi connectivity index (χ3v) is 3.04. The molecule has 1 aromatic rings. The molecular weight excluding hydrogens is 270 g/mol. The van der Waals surface area contributed by atoms with E-state index in [0.717, 1.165) is 16.6 Å². The van der Waals surface area contributed by atoms with Gasteiger partial charge >= 0.3 is 0 Å². The van der Waals surface area contributed by atoms with Crippen LogP contribution in [0.3, 0.4) is 0 Å². The Morgan fingerprint density at radius 2 is 2.19 bits per heavy atom. The predicted octanol–water partition coefficient (Wildman–Crippen LogP) is 1.34. The summed E-state index contributed by atoms with van der Waals surface area (Å²) in [6.07, 6.45) is 0. The summed E-state index contributed by atoms with van der Waals surface area (Å²) < 4.78 is 0.954. The highest BCUT2D eigenvalue weighted by Gasteiger charge is 2.09. The number of carbonyl (C=O) groups is 1. The Balaban J connectivity index is 2.73. The van der Waals surface area contributed by atoms with Crippen LogP contribution >= 0.6 is 15.9 Å². The fourth-order valence-electron chi connectivity index (χ4n) is 1.43. The number of nitrogens with two attached hydrogens (primary N) is 2. The Labute approximate surface area is 104 Å². The molecule has 0 atom stereocenters. The standard InChI is InChI=1S/C11H16BrN3O/c1-2-15(7-11(14)16)6-8-3-4-9(13)5-10(8)12/h3-5H,2,6-7,13H2,1H3,(H2,14,16). The molecule has 0 fully saturated rings. The van der Waals surface area contributed by atoms with Crippen molar-refractivity contribution in [2.24, 2.45) is 5.73 Å². The number of benzene rings is 1. The Morgan fingerprint density at radius 1 is 1.50 bits per heavy atom. The minimum Gasteiger partial charge on any atom is -0.399 e. The quantitative estimate of drug-likeness (QED) is 0.802. The number of nitrogen functional groups attached to an aromatic ring is 1. The van der Waals surface area contributed by atoms with Crippen LogP contribution in [-0.4, -0.2) is 23.9 Å². The Hall–Kier alpha value is -1.07. The van der Waals surface area contributed by atoms with Crippen molar-refractivity contribution in [3.05, 3.63) is 28.2 Å². The lowest BCUT2D eigenvalue weighted by Crippen LogP contribution is -2.33. The van der Waals surface area contributed by atoms with Crippen molar-refractivity contribution in [3.63, 3.8) is 0 Å². The molecule has 16 heavy (non-hydrogen) atoms. The number of primary amides is 1. The highest BCUT2D eigenvalue weighted by atomic mass is 79.9. The van der Waals surface area contributed by atoms with E-state index < -0.39 is 0 Å². The molecule has 1 rings (SSSR count). The molecule has 5 heteroatoms. The lowest BCUT2D eigenvalue weighted by molar-refractivity contribution is -0.119. The first kappa shape index (κ1) is 13.0. The summed E-state index contributed by atoms with van der Waals surface area (Å²) in [5, 5.41) is 0.